The first kappa shape index (κ1) is 14.9. The lowest BCUT2D eigenvalue weighted by atomic mass is 10.2. The molecule has 1 atom stereocenters. The number of hydrogen-bond acceptors (Lipinski definition) is 5. The molecular weight excluding hydrogens is 324 g/mol. The Hall–Kier alpha value is -1.02. The number of aromatic nitrogens is 1. The van der Waals surface area contributed by atoms with Gasteiger partial charge >= 0.3 is 0 Å². The predicted molar refractivity (Wildman–Crippen MR) is 87.3 cm³/mol. The van der Waals surface area contributed by atoms with E-state index in [-0.39, 0.29) is 6.04 Å². The van der Waals surface area contributed by atoms with Gasteiger partial charge in [-0.1, -0.05) is 19.1 Å². The van der Waals surface area contributed by atoms with E-state index in [1.165, 1.54) is 11.3 Å². The van der Waals surface area contributed by atoms with E-state index in [0.717, 1.165) is 22.0 Å². The molecule has 7 heteroatoms. The molecule has 3 rings (SSSR count). The monoisotopic (exact) mass is 340 g/mol. The lowest BCUT2D eigenvalue weighted by molar-refractivity contribution is 0.404. The third-order valence-electron chi connectivity index (χ3n) is 3.45. The fourth-order valence-electron chi connectivity index (χ4n) is 2.36. The van der Waals surface area contributed by atoms with Gasteiger partial charge in [0.2, 0.25) is 0 Å². The number of hydrogen-bond donors (Lipinski definition) is 0. The van der Waals surface area contributed by atoms with Gasteiger partial charge in [0.25, 0.3) is 10.0 Å². The second-order valence-corrected chi connectivity index (χ2v) is 9.11. The first-order valence-electron chi connectivity index (χ1n) is 6.73. The Morgan fingerprint density at radius 1 is 1.43 bits per heavy atom. The van der Waals surface area contributed by atoms with E-state index >= 15 is 0 Å². The van der Waals surface area contributed by atoms with Crippen molar-refractivity contribution in [2.24, 2.45) is 0 Å². The molecule has 0 saturated heterocycles. The summed E-state index contributed by atoms with van der Waals surface area (Å²) in [7, 11) is -3.42. The van der Waals surface area contributed by atoms with Crippen molar-refractivity contribution in [3.8, 4) is 10.6 Å². The summed E-state index contributed by atoms with van der Waals surface area (Å²) in [6.07, 6.45) is 4.68. The Morgan fingerprint density at radius 2 is 2.24 bits per heavy atom. The standard InChI is InChI=1S/C14H16N2O2S3/c1-3-11-5-4-8-16(11)21(17,18)14-7-6-13(20-14)12-9-19-10(2)15-12/h4-7,9,11H,3,8H2,1-2H3. The molecule has 2 aromatic heterocycles. The SMILES string of the molecule is CCC1C=CCN1S(=O)(=O)c1ccc(-c2csc(C)n2)s1. The highest BCUT2D eigenvalue weighted by molar-refractivity contribution is 7.91. The molecule has 4 nitrogen and oxygen atoms in total. The van der Waals surface area contributed by atoms with Crippen LogP contribution in [-0.2, 0) is 10.0 Å². The number of nitrogens with zero attached hydrogens (tertiary/aromatic N) is 2. The zero-order valence-corrected chi connectivity index (χ0v) is 14.3. The molecule has 112 valence electrons. The molecule has 1 unspecified atom stereocenters. The van der Waals surface area contributed by atoms with Gasteiger partial charge in [0.15, 0.2) is 0 Å². The Labute approximate surface area is 132 Å². The van der Waals surface area contributed by atoms with Gasteiger partial charge in [0, 0.05) is 18.0 Å². The van der Waals surface area contributed by atoms with Crippen molar-refractivity contribution in [3.05, 3.63) is 34.7 Å². The summed E-state index contributed by atoms with van der Waals surface area (Å²) < 4.78 is 27.4. The molecule has 0 amide bonds. The van der Waals surface area contributed by atoms with Crippen LogP contribution in [0.5, 0.6) is 0 Å². The Balaban J connectivity index is 1.92. The van der Waals surface area contributed by atoms with Crippen LogP contribution >= 0.6 is 22.7 Å². The number of sulfonamides is 1. The van der Waals surface area contributed by atoms with E-state index in [2.05, 4.69) is 4.98 Å². The van der Waals surface area contributed by atoms with Gasteiger partial charge in [0.05, 0.1) is 15.6 Å². The summed E-state index contributed by atoms with van der Waals surface area (Å²) in [6, 6.07) is 3.51. The molecule has 0 aromatic carbocycles. The van der Waals surface area contributed by atoms with Crippen LogP contribution in [0.3, 0.4) is 0 Å². The van der Waals surface area contributed by atoms with E-state index in [1.807, 2.05) is 37.4 Å². The number of thiazole rings is 1. The first-order chi connectivity index (χ1) is 10.0. The molecule has 3 heterocycles. The fraction of sp³-hybridized carbons (Fsp3) is 0.357. The minimum Gasteiger partial charge on any atom is -0.241 e. The molecule has 0 saturated carbocycles. The van der Waals surface area contributed by atoms with Gasteiger partial charge in [-0.15, -0.1) is 22.7 Å². The zero-order valence-electron chi connectivity index (χ0n) is 11.8. The molecule has 0 spiro atoms. The highest BCUT2D eigenvalue weighted by atomic mass is 32.2. The maximum Gasteiger partial charge on any atom is 0.253 e. The third-order valence-corrected chi connectivity index (χ3v) is 7.69. The molecule has 2 aromatic rings. The van der Waals surface area contributed by atoms with E-state index in [0.29, 0.717) is 10.8 Å². The van der Waals surface area contributed by atoms with E-state index in [4.69, 9.17) is 0 Å². The van der Waals surface area contributed by atoms with Gasteiger partial charge in [-0.05, 0) is 25.5 Å². The van der Waals surface area contributed by atoms with Crippen molar-refractivity contribution >= 4 is 32.7 Å². The summed E-state index contributed by atoms with van der Waals surface area (Å²) in [5.41, 5.74) is 0.857. The minimum absolute atomic E-state index is 0.0259. The fourth-order valence-corrected chi connectivity index (χ4v) is 6.05. The van der Waals surface area contributed by atoms with Crippen molar-refractivity contribution in [1.82, 2.24) is 9.29 Å². The van der Waals surface area contributed by atoms with Crippen LogP contribution in [0.15, 0.2) is 33.9 Å². The quantitative estimate of drug-likeness (QED) is 0.800. The minimum atomic E-state index is -3.42. The predicted octanol–water partition coefficient (Wildman–Crippen LogP) is 3.52. The number of thiophene rings is 1. The lowest BCUT2D eigenvalue weighted by Crippen LogP contribution is -2.35. The second-order valence-electron chi connectivity index (χ2n) is 4.85. The largest absolute Gasteiger partial charge is 0.253 e. The topological polar surface area (TPSA) is 50.3 Å². The normalized spacial score (nSPS) is 19.4. The van der Waals surface area contributed by atoms with Crippen LogP contribution < -0.4 is 0 Å². The summed E-state index contributed by atoms with van der Waals surface area (Å²) in [5.74, 6) is 0. The van der Waals surface area contributed by atoms with Gasteiger partial charge in [-0.2, -0.15) is 4.31 Å². The second kappa shape index (κ2) is 5.64. The van der Waals surface area contributed by atoms with Crippen molar-refractivity contribution < 1.29 is 8.42 Å². The van der Waals surface area contributed by atoms with Crippen LogP contribution in [0, 0.1) is 6.92 Å². The number of aryl methyl sites for hydroxylation is 1. The first-order valence-corrected chi connectivity index (χ1v) is 9.87. The Bertz CT molecular complexity index is 774. The van der Waals surface area contributed by atoms with E-state index in [9.17, 15) is 8.42 Å². The molecule has 0 N–H and O–H groups in total. The van der Waals surface area contributed by atoms with Gasteiger partial charge in [-0.3, -0.25) is 0 Å². The van der Waals surface area contributed by atoms with E-state index < -0.39 is 10.0 Å². The Kier molecular flexibility index (Phi) is 4.00. The highest BCUT2D eigenvalue weighted by Gasteiger charge is 2.32. The summed E-state index contributed by atoms with van der Waals surface area (Å²) in [6.45, 7) is 4.41. The van der Waals surface area contributed by atoms with Crippen LogP contribution in [0.4, 0.5) is 0 Å². The maximum absolute atomic E-state index is 12.7. The zero-order chi connectivity index (χ0) is 15.0. The summed E-state index contributed by atoms with van der Waals surface area (Å²) in [5, 5.41) is 2.95. The molecular formula is C14H16N2O2S3. The van der Waals surface area contributed by atoms with Crippen molar-refractivity contribution in [2.75, 3.05) is 6.54 Å². The average Bonchev–Trinajstić information content (AvgIpc) is 3.18. The molecule has 21 heavy (non-hydrogen) atoms. The van der Waals surface area contributed by atoms with Crippen LogP contribution in [0.1, 0.15) is 18.4 Å². The van der Waals surface area contributed by atoms with Crippen molar-refractivity contribution in [2.45, 2.75) is 30.5 Å². The third kappa shape index (κ3) is 2.70. The van der Waals surface area contributed by atoms with Gasteiger partial charge in [0.1, 0.15) is 4.21 Å². The molecule has 1 aliphatic rings. The van der Waals surface area contributed by atoms with Crippen LogP contribution in [0.25, 0.3) is 10.6 Å². The Morgan fingerprint density at radius 3 is 2.90 bits per heavy atom. The van der Waals surface area contributed by atoms with E-state index in [1.54, 1.807) is 21.7 Å². The maximum atomic E-state index is 12.7. The smallest absolute Gasteiger partial charge is 0.241 e. The van der Waals surface area contributed by atoms with Crippen LogP contribution in [0.2, 0.25) is 0 Å². The molecule has 0 aliphatic carbocycles. The summed E-state index contributed by atoms with van der Waals surface area (Å²) >= 11 is 2.86. The van der Waals surface area contributed by atoms with Crippen molar-refractivity contribution in [1.29, 1.82) is 0 Å². The molecule has 1 aliphatic heterocycles. The van der Waals surface area contributed by atoms with Gasteiger partial charge in [-0.25, -0.2) is 13.4 Å². The lowest BCUT2D eigenvalue weighted by Gasteiger charge is -2.21. The highest BCUT2D eigenvalue weighted by Crippen LogP contribution is 2.34. The molecule has 0 bridgehead atoms. The molecule has 0 fully saturated rings. The number of rotatable bonds is 4. The molecule has 0 radical (unpaired) electrons. The van der Waals surface area contributed by atoms with Crippen LogP contribution in [-0.4, -0.2) is 30.3 Å². The average molecular weight is 340 g/mol. The van der Waals surface area contributed by atoms with Crippen molar-refractivity contribution in [3.63, 3.8) is 0 Å². The van der Waals surface area contributed by atoms with Gasteiger partial charge < -0.3 is 0 Å². The summed E-state index contributed by atoms with van der Waals surface area (Å²) in [4.78, 5) is 5.31.